The Balaban J connectivity index is 3.61. The molecule has 0 aliphatic heterocycles. The average Bonchev–Trinajstić information content (AvgIpc) is 2.13. The predicted octanol–water partition coefficient (Wildman–Crippen LogP) is -0.517. The van der Waals surface area contributed by atoms with Crippen molar-refractivity contribution in [3.8, 4) is 0 Å². The van der Waals surface area contributed by atoms with Gasteiger partial charge in [-0.15, -0.1) is 0 Å². The Kier molecular flexibility index (Phi) is 6.51. The number of nitrogens with one attached hydrogen (secondary N) is 1. The van der Waals surface area contributed by atoms with Gasteiger partial charge in [-0.05, 0) is 0 Å². The highest BCUT2D eigenvalue weighted by Crippen LogP contribution is 2.13. The molecule has 9 heteroatoms. The summed E-state index contributed by atoms with van der Waals surface area (Å²) < 4.78 is 39.1. The minimum Gasteiger partial charge on any atom is -0.481 e. The molecule has 17 heavy (non-hydrogen) atoms. The summed E-state index contributed by atoms with van der Waals surface area (Å²) in [7, 11) is 0. The van der Waals surface area contributed by atoms with E-state index in [1.54, 1.807) is 0 Å². The zero-order valence-corrected chi connectivity index (χ0v) is 8.79. The molecule has 0 aromatic rings. The number of halogens is 3. The third-order valence-corrected chi connectivity index (χ3v) is 1.54. The molecule has 0 radical (unpaired) electrons. The van der Waals surface area contributed by atoms with E-state index in [1.807, 2.05) is 0 Å². The molecule has 100 valence electrons. The summed E-state index contributed by atoms with van der Waals surface area (Å²) in [5, 5.41) is 10.5. The summed E-state index contributed by atoms with van der Waals surface area (Å²) >= 11 is 0. The van der Waals surface area contributed by atoms with E-state index in [0.29, 0.717) is 0 Å². The molecule has 1 atom stereocenters. The molecular formula is C8H13F3N2O4. The van der Waals surface area contributed by atoms with Crippen LogP contribution in [0.3, 0.4) is 0 Å². The minimum absolute atomic E-state index is 0.164. The molecule has 1 unspecified atom stereocenters. The van der Waals surface area contributed by atoms with Crippen LogP contribution in [0, 0.1) is 0 Å². The van der Waals surface area contributed by atoms with Crippen molar-refractivity contribution in [3.63, 3.8) is 0 Å². The third kappa shape index (κ3) is 9.57. The number of aliphatic carboxylic acids is 1. The largest absolute Gasteiger partial charge is 0.481 e. The highest BCUT2D eigenvalue weighted by Gasteiger charge is 2.27. The smallest absolute Gasteiger partial charge is 0.411 e. The van der Waals surface area contributed by atoms with Crippen LogP contribution in [-0.4, -0.2) is 49.0 Å². The maximum atomic E-state index is 11.6. The fourth-order valence-corrected chi connectivity index (χ4v) is 0.846. The lowest BCUT2D eigenvalue weighted by molar-refractivity contribution is -0.173. The maximum Gasteiger partial charge on any atom is 0.411 e. The fraction of sp³-hybridized carbons (Fsp3) is 0.750. The van der Waals surface area contributed by atoms with E-state index < -0.39 is 37.1 Å². The summed E-state index contributed by atoms with van der Waals surface area (Å²) in [6, 6.07) is -1.23. The summed E-state index contributed by atoms with van der Waals surface area (Å²) in [6.45, 7) is -1.89. The van der Waals surface area contributed by atoms with Crippen LogP contribution in [-0.2, 0) is 14.3 Å². The van der Waals surface area contributed by atoms with E-state index >= 15 is 0 Å². The summed E-state index contributed by atoms with van der Waals surface area (Å²) in [5.41, 5.74) is 5.19. The van der Waals surface area contributed by atoms with Gasteiger partial charge in [0.05, 0.1) is 19.1 Å². The number of nitrogens with two attached hydrogens (primary N) is 1. The van der Waals surface area contributed by atoms with Gasteiger partial charge in [-0.1, -0.05) is 0 Å². The van der Waals surface area contributed by atoms with Crippen LogP contribution in [0.1, 0.15) is 6.42 Å². The van der Waals surface area contributed by atoms with E-state index in [1.165, 1.54) is 0 Å². The number of alkyl halides is 3. The van der Waals surface area contributed by atoms with Crippen molar-refractivity contribution in [3.05, 3.63) is 0 Å². The van der Waals surface area contributed by atoms with E-state index in [9.17, 15) is 22.8 Å². The average molecular weight is 258 g/mol. The Labute approximate surface area is 94.9 Å². The summed E-state index contributed by atoms with van der Waals surface area (Å²) in [6.07, 6.45) is -4.96. The molecule has 0 aliphatic carbocycles. The van der Waals surface area contributed by atoms with Crippen LogP contribution in [0.5, 0.6) is 0 Å². The zero-order chi connectivity index (χ0) is 13.5. The van der Waals surface area contributed by atoms with Crippen LogP contribution in [0.15, 0.2) is 0 Å². The van der Waals surface area contributed by atoms with Crippen LogP contribution >= 0.6 is 0 Å². The number of amides is 1. The van der Waals surface area contributed by atoms with E-state index in [-0.39, 0.29) is 13.2 Å². The Morgan fingerprint density at radius 2 is 2.00 bits per heavy atom. The maximum absolute atomic E-state index is 11.6. The number of carbonyl (C=O) groups excluding carboxylic acids is 1. The summed E-state index contributed by atoms with van der Waals surface area (Å²) in [5.74, 6) is -1.98. The van der Waals surface area contributed by atoms with E-state index in [2.05, 4.69) is 10.1 Å². The molecular weight excluding hydrogens is 245 g/mol. The molecule has 0 heterocycles. The molecule has 0 aliphatic rings. The molecule has 0 rings (SSSR count). The van der Waals surface area contributed by atoms with E-state index in [4.69, 9.17) is 10.8 Å². The number of hydrogen-bond acceptors (Lipinski definition) is 4. The molecule has 0 aromatic carbocycles. The Morgan fingerprint density at radius 3 is 2.47 bits per heavy atom. The topological polar surface area (TPSA) is 102 Å². The van der Waals surface area contributed by atoms with Crippen LogP contribution in [0.4, 0.5) is 13.2 Å². The molecule has 0 aromatic heterocycles. The quantitative estimate of drug-likeness (QED) is 0.533. The van der Waals surface area contributed by atoms with Crippen molar-refractivity contribution in [2.75, 3.05) is 19.8 Å². The first-order chi connectivity index (χ1) is 7.72. The molecule has 0 saturated carbocycles. The highest BCUT2D eigenvalue weighted by atomic mass is 19.4. The van der Waals surface area contributed by atoms with Crippen molar-refractivity contribution in [2.24, 2.45) is 5.73 Å². The molecule has 0 saturated heterocycles. The number of carboxylic acid groups (broad SMARTS) is 1. The minimum atomic E-state index is -4.41. The molecule has 0 fully saturated rings. The van der Waals surface area contributed by atoms with Crippen LogP contribution in [0.25, 0.3) is 0 Å². The third-order valence-electron chi connectivity index (χ3n) is 1.54. The van der Waals surface area contributed by atoms with Gasteiger partial charge < -0.3 is 20.9 Å². The fourth-order valence-electron chi connectivity index (χ4n) is 0.846. The first-order valence-corrected chi connectivity index (χ1v) is 4.62. The second kappa shape index (κ2) is 7.07. The Hall–Kier alpha value is -1.35. The monoisotopic (exact) mass is 258 g/mol. The Morgan fingerprint density at radius 1 is 1.41 bits per heavy atom. The second-order valence-corrected chi connectivity index (χ2v) is 3.16. The number of rotatable bonds is 7. The lowest BCUT2D eigenvalue weighted by Gasteiger charge is -2.11. The van der Waals surface area contributed by atoms with Gasteiger partial charge in [-0.25, -0.2) is 0 Å². The standard InChI is InChI=1S/C8H13F3N2O4/c9-8(10,11)4-17-2-1-13-7(16)5(12)3-6(14)15/h5H,1-4,12H2,(H,13,16)(H,14,15). The summed E-state index contributed by atoms with van der Waals surface area (Å²) in [4.78, 5) is 21.3. The number of carboxylic acids is 1. The first kappa shape index (κ1) is 15.7. The van der Waals surface area contributed by atoms with Crippen molar-refractivity contribution in [1.82, 2.24) is 5.32 Å². The SMILES string of the molecule is NC(CC(=O)O)C(=O)NCCOCC(F)(F)F. The van der Waals surface area contributed by atoms with Gasteiger partial charge in [0.25, 0.3) is 0 Å². The second-order valence-electron chi connectivity index (χ2n) is 3.16. The molecule has 0 spiro atoms. The van der Waals surface area contributed by atoms with Gasteiger partial charge in [0, 0.05) is 6.54 Å². The van der Waals surface area contributed by atoms with Gasteiger partial charge >= 0.3 is 12.1 Å². The normalized spacial score (nSPS) is 13.2. The Bertz CT molecular complexity index is 270. The number of carbonyl (C=O) groups is 2. The molecule has 1 amide bonds. The van der Waals surface area contributed by atoms with Gasteiger partial charge in [-0.2, -0.15) is 13.2 Å². The van der Waals surface area contributed by atoms with Gasteiger partial charge in [0.2, 0.25) is 5.91 Å². The zero-order valence-electron chi connectivity index (χ0n) is 8.79. The first-order valence-electron chi connectivity index (χ1n) is 4.62. The predicted molar refractivity (Wildman–Crippen MR) is 50.1 cm³/mol. The van der Waals surface area contributed by atoms with Crippen molar-refractivity contribution >= 4 is 11.9 Å². The lowest BCUT2D eigenvalue weighted by Crippen LogP contribution is -2.43. The van der Waals surface area contributed by atoms with Gasteiger partial charge in [0.1, 0.15) is 6.61 Å². The van der Waals surface area contributed by atoms with Crippen LogP contribution < -0.4 is 11.1 Å². The molecule has 4 N–H and O–H groups in total. The van der Waals surface area contributed by atoms with Crippen LogP contribution in [0.2, 0.25) is 0 Å². The van der Waals surface area contributed by atoms with E-state index in [0.717, 1.165) is 0 Å². The number of ether oxygens (including phenoxy) is 1. The highest BCUT2D eigenvalue weighted by molar-refractivity contribution is 5.85. The lowest BCUT2D eigenvalue weighted by atomic mass is 10.2. The van der Waals surface area contributed by atoms with Crippen molar-refractivity contribution in [2.45, 2.75) is 18.6 Å². The number of hydrogen-bond donors (Lipinski definition) is 3. The molecule has 6 nitrogen and oxygen atoms in total. The van der Waals surface area contributed by atoms with Crippen molar-refractivity contribution < 1.29 is 32.6 Å². The van der Waals surface area contributed by atoms with Gasteiger partial charge in [-0.3, -0.25) is 9.59 Å². The molecule has 0 bridgehead atoms. The van der Waals surface area contributed by atoms with Crippen molar-refractivity contribution in [1.29, 1.82) is 0 Å². The van der Waals surface area contributed by atoms with Gasteiger partial charge in [0.15, 0.2) is 0 Å².